The Morgan fingerprint density at radius 1 is 0.971 bits per heavy atom. The first-order valence-corrected chi connectivity index (χ1v) is 12.2. The Kier molecular flexibility index (Phi) is 7.89. The molecule has 0 N–H and O–H groups in total. The van der Waals surface area contributed by atoms with Crippen LogP contribution in [0.2, 0.25) is 0 Å². The highest BCUT2D eigenvalue weighted by Crippen LogP contribution is 2.33. The van der Waals surface area contributed by atoms with E-state index in [9.17, 15) is 4.79 Å². The van der Waals surface area contributed by atoms with Crippen molar-refractivity contribution in [2.45, 2.75) is 38.7 Å². The summed E-state index contributed by atoms with van der Waals surface area (Å²) in [5, 5.41) is 0. The van der Waals surface area contributed by atoms with Gasteiger partial charge in [0, 0.05) is 36.7 Å². The van der Waals surface area contributed by atoms with Gasteiger partial charge in [0.05, 0.1) is 6.61 Å². The molecule has 1 aliphatic rings. The van der Waals surface area contributed by atoms with Crippen molar-refractivity contribution in [1.82, 2.24) is 0 Å². The molecule has 0 aliphatic carbocycles. The van der Waals surface area contributed by atoms with E-state index in [1.165, 1.54) is 11.1 Å². The number of hydrogen-bond donors (Lipinski definition) is 0. The van der Waals surface area contributed by atoms with Crippen molar-refractivity contribution >= 4 is 11.5 Å². The average Bonchev–Trinajstić information content (AvgIpc) is 3.71. The summed E-state index contributed by atoms with van der Waals surface area (Å²) in [7, 11) is 1.69. The molecule has 1 atom stereocenters. The number of carbonyl (C=O) groups excluding carboxylic acids is 1. The number of epoxide rings is 1. The Balaban J connectivity index is 1.38. The van der Waals surface area contributed by atoms with Gasteiger partial charge in [0.2, 0.25) is 0 Å². The van der Waals surface area contributed by atoms with Gasteiger partial charge in [-0.3, -0.25) is 4.79 Å². The fraction of sp³-hybridized carbons (Fsp3) is 0.367. The van der Waals surface area contributed by atoms with Crippen molar-refractivity contribution in [1.29, 1.82) is 0 Å². The fourth-order valence-electron chi connectivity index (χ4n) is 4.18. The van der Waals surface area contributed by atoms with E-state index in [1.54, 1.807) is 7.11 Å². The zero-order valence-corrected chi connectivity index (χ0v) is 21.1. The van der Waals surface area contributed by atoms with Gasteiger partial charge in [0.25, 0.3) is 0 Å². The number of carbonyl (C=O) groups is 1. The lowest BCUT2D eigenvalue weighted by Gasteiger charge is -2.26. The second-order valence-electron chi connectivity index (χ2n) is 9.53. The van der Waals surface area contributed by atoms with Crippen LogP contribution in [0.5, 0.6) is 5.75 Å². The van der Waals surface area contributed by atoms with Crippen LogP contribution in [0.25, 0.3) is 0 Å². The van der Waals surface area contributed by atoms with E-state index in [-0.39, 0.29) is 17.3 Å². The Hall–Kier alpha value is -3.15. The molecule has 3 aromatic carbocycles. The Morgan fingerprint density at radius 3 is 2.11 bits per heavy atom. The van der Waals surface area contributed by atoms with Crippen LogP contribution in [0.4, 0.5) is 5.69 Å². The lowest BCUT2D eigenvalue weighted by atomic mass is 9.78. The number of anilines is 1. The summed E-state index contributed by atoms with van der Waals surface area (Å²) in [5.41, 5.74) is 5.04. The summed E-state index contributed by atoms with van der Waals surface area (Å²) in [6.45, 7) is 9.29. The number of ketones is 1. The van der Waals surface area contributed by atoms with Crippen molar-refractivity contribution in [3.05, 3.63) is 95.1 Å². The fourth-order valence-corrected chi connectivity index (χ4v) is 4.18. The molecule has 184 valence electrons. The molecule has 0 amide bonds. The van der Waals surface area contributed by atoms with E-state index in [4.69, 9.17) is 14.2 Å². The zero-order valence-electron chi connectivity index (χ0n) is 21.1. The Morgan fingerprint density at radius 2 is 1.57 bits per heavy atom. The average molecular weight is 474 g/mol. The third-order valence-electron chi connectivity index (χ3n) is 6.68. The van der Waals surface area contributed by atoms with E-state index in [0.717, 1.165) is 35.7 Å². The summed E-state index contributed by atoms with van der Waals surface area (Å²) in [6, 6.07) is 24.4. The van der Waals surface area contributed by atoms with Gasteiger partial charge >= 0.3 is 0 Å². The summed E-state index contributed by atoms with van der Waals surface area (Å²) >= 11 is 0. The van der Waals surface area contributed by atoms with Crippen LogP contribution < -0.4 is 9.64 Å². The minimum atomic E-state index is -0.163. The molecule has 1 aliphatic heterocycles. The molecule has 0 saturated carbocycles. The van der Waals surface area contributed by atoms with Gasteiger partial charge in [-0.2, -0.15) is 0 Å². The molecule has 0 bridgehead atoms. The minimum absolute atomic E-state index is 0.116. The predicted molar refractivity (Wildman–Crippen MR) is 140 cm³/mol. The van der Waals surface area contributed by atoms with Gasteiger partial charge in [-0.15, -0.1) is 0 Å². The normalized spacial score (nSPS) is 15.0. The van der Waals surface area contributed by atoms with Crippen molar-refractivity contribution in [2.24, 2.45) is 0 Å². The quantitative estimate of drug-likeness (QED) is 0.193. The molecule has 1 fully saturated rings. The largest absolute Gasteiger partial charge is 0.491 e. The molecule has 3 aromatic rings. The lowest BCUT2D eigenvalue weighted by Crippen LogP contribution is -2.24. The minimum Gasteiger partial charge on any atom is -0.491 e. The van der Waals surface area contributed by atoms with Gasteiger partial charge in [-0.1, -0.05) is 50.2 Å². The number of Topliss-reactive ketones (excluding diaryl/α,β-unsaturated/α-hetero) is 1. The molecule has 35 heavy (non-hydrogen) atoms. The van der Waals surface area contributed by atoms with Gasteiger partial charge in [-0.25, -0.2) is 0 Å². The second-order valence-corrected chi connectivity index (χ2v) is 9.53. The molecule has 0 spiro atoms. The maximum Gasteiger partial charge on any atom is 0.167 e. The van der Waals surface area contributed by atoms with Crippen LogP contribution in [0.15, 0.2) is 72.8 Å². The molecular weight excluding hydrogens is 438 g/mol. The molecule has 1 unspecified atom stereocenters. The lowest BCUT2D eigenvalue weighted by molar-refractivity contribution is 0.0993. The summed E-state index contributed by atoms with van der Waals surface area (Å²) in [4.78, 5) is 15.0. The summed E-state index contributed by atoms with van der Waals surface area (Å²) in [6.07, 6.45) is 0.634. The van der Waals surface area contributed by atoms with Gasteiger partial charge in [-0.05, 0) is 60.0 Å². The Bertz CT molecular complexity index is 1100. The molecule has 0 aromatic heterocycles. The van der Waals surface area contributed by atoms with Crippen LogP contribution >= 0.6 is 0 Å². The zero-order chi connectivity index (χ0) is 24.8. The van der Waals surface area contributed by atoms with E-state index < -0.39 is 0 Å². The molecule has 5 heteroatoms. The third kappa shape index (κ3) is 6.30. The van der Waals surface area contributed by atoms with Crippen LogP contribution in [0, 0.1) is 0 Å². The number of benzene rings is 3. The highest BCUT2D eigenvalue weighted by atomic mass is 16.6. The SMILES string of the molecule is CCN(COC)c1ccc(C(=O)Cc2ccc(C(C)(C)c3ccc(OCC4CO4)cc3)cc2)cc1. The topological polar surface area (TPSA) is 51.3 Å². The summed E-state index contributed by atoms with van der Waals surface area (Å²) < 4.78 is 16.2. The number of methoxy groups -OCH3 is 1. The maximum atomic E-state index is 12.9. The van der Waals surface area contributed by atoms with Gasteiger partial charge < -0.3 is 19.1 Å². The predicted octanol–water partition coefficient (Wildman–Crippen LogP) is 5.65. The van der Waals surface area contributed by atoms with E-state index in [1.807, 2.05) is 36.4 Å². The van der Waals surface area contributed by atoms with Gasteiger partial charge in [0.15, 0.2) is 5.78 Å². The maximum absolute atomic E-state index is 12.9. The van der Waals surface area contributed by atoms with Crippen LogP contribution in [0.3, 0.4) is 0 Å². The molecule has 1 saturated heterocycles. The third-order valence-corrected chi connectivity index (χ3v) is 6.68. The van der Waals surface area contributed by atoms with Gasteiger partial charge in [0.1, 0.15) is 25.2 Å². The first-order chi connectivity index (χ1) is 16.9. The van der Waals surface area contributed by atoms with Crippen molar-refractivity contribution in [3.63, 3.8) is 0 Å². The first kappa shape index (κ1) is 25.0. The number of ether oxygens (including phenoxy) is 3. The van der Waals surface area contributed by atoms with Crippen LogP contribution in [0.1, 0.15) is 47.8 Å². The van der Waals surface area contributed by atoms with E-state index in [0.29, 0.717) is 19.8 Å². The summed E-state index contributed by atoms with van der Waals surface area (Å²) in [5.74, 6) is 0.980. The second kappa shape index (κ2) is 11.1. The van der Waals surface area contributed by atoms with E-state index >= 15 is 0 Å². The molecular formula is C30H35NO4. The van der Waals surface area contributed by atoms with Crippen molar-refractivity contribution < 1.29 is 19.0 Å². The van der Waals surface area contributed by atoms with Crippen molar-refractivity contribution in [2.75, 3.05) is 38.5 Å². The van der Waals surface area contributed by atoms with E-state index in [2.05, 4.69) is 62.1 Å². The number of rotatable bonds is 12. The first-order valence-electron chi connectivity index (χ1n) is 12.2. The number of nitrogens with zero attached hydrogens (tertiary/aromatic N) is 1. The molecule has 5 nitrogen and oxygen atoms in total. The molecule has 4 rings (SSSR count). The van der Waals surface area contributed by atoms with Crippen LogP contribution in [-0.4, -0.2) is 45.5 Å². The van der Waals surface area contributed by atoms with Crippen LogP contribution in [-0.2, 0) is 21.3 Å². The standard InChI is InChI=1S/C30H35NO4/c1-5-31(21-33-4)26-14-8-23(9-15-26)29(32)18-22-6-10-24(11-7-22)30(2,3)25-12-16-27(17-13-25)34-19-28-20-35-28/h6-17,28H,5,18-21H2,1-4H3. The highest BCUT2D eigenvalue weighted by molar-refractivity contribution is 5.97. The van der Waals surface area contributed by atoms with Crippen molar-refractivity contribution in [3.8, 4) is 5.75 Å². The Labute approximate surface area is 208 Å². The highest BCUT2D eigenvalue weighted by Gasteiger charge is 2.25. The molecule has 0 radical (unpaired) electrons. The molecule has 1 heterocycles. The monoisotopic (exact) mass is 473 g/mol. The number of hydrogen-bond acceptors (Lipinski definition) is 5. The smallest absolute Gasteiger partial charge is 0.167 e.